The van der Waals surface area contributed by atoms with Crippen molar-refractivity contribution in [3.63, 3.8) is 0 Å². The van der Waals surface area contributed by atoms with E-state index in [2.05, 4.69) is 11.4 Å². The Kier molecular flexibility index (Phi) is 2.82. The zero-order chi connectivity index (χ0) is 10.8. The SMILES string of the molecule is COC1CC(Nc2ccc(C)c(N)c2)C1. The normalized spacial score (nSPS) is 24.7. The Morgan fingerprint density at radius 2 is 2.13 bits per heavy atom. The molecule has 0 aromatic heterocycles. The summed E-state index contributed by atoms with van der Waals surface area (Å²) in [6, 6.07) is 6.66. The van der Waals surface area contributed by atoms with Gasteiger partial charge in [-0.3, -0.25) is 0 Å². The summed E-state index contributed by atoms with van der Waals surface area (Å²) in [5.74, 6) is 0. The average Bonchev–Trinajstić information content (AvgIpc) is 2.16. The van der Waals surface area contributed by atoms with Crippen LogP contribution in [0.1, 0.15) is 18.4 Å². The van der Waals surface area contributed by atoms with Crippen molar-refractivity contribution in [2.75, 3.05) is 18.2 Å². The number of hydrogen-bond donors (Lipinski definition) is 2. The van der Waals surface area contributed by atoms with E-state index in [0.29, 0.717) is 12.1 Å². The Balaban J connectivity index is 1.92. The molecule has 1 saturated carbocycles. The van der Waals surface area contributed by atoms with Gasteiger partial charge in [0.1, 0.15) is 0 Å². The highest BCUT2D eigenvalue weighted by molar-refractivity contribution is 5.58. The van der Waals surface area contributed by atoms with Crippen molar-refractivity contribution < 1.29 is 4.74 Å². The van der Waals surface area contributed by atoms with Crippen LogP contribution in [0.3, 0.4) is 0 Å². The first-order valence-corrected chi connectivity index (χ1v) is 5.34. The first-order valence-electron chi connectivity index (χ1n) is 5.34. The minimum absolute atomic E-state index is 0.435. The van der Waals surface area contributed by atoms with Crippen molar-refractivity contribution in [2.45, 2.75) is 31.9 Å². The monoisotopic (exact) mass is 206 g/mol. The molecule has 3 heteroatoms. The Morgan fingerprint density at radius 1 is 1.40 bits per heavy atom. The van der Waals surface area contributed by atoms with E-state index < -0.39 is 0 Å². The summed E-state index contributed by atoms with van der Waals surface area (Å²) in [5, 5.41) is 3.45. The van der Waals surface area contributed by atoms with Crippen molar-refractivity contribution >= 4 is 11.4 Å². The number of nitrogens with one attached hydrogen (secondary N) is 1. The van der Waals surface area contributed by atoms with E-state index in [1.807, 2.05) is 19.1 Å². The number of nitrogens with two attached hydrogens (primary N) is 1. The average molecular weight is 206 g/mol. The maximum absolute atomic E-state index is 5.84. The summed E-state index contributed by atoms with van der Waals surface area (Å²) in [7, 11) is 1.77. The summed E-state index contributed by atoms with van der Waals surface area (Å²) in [5.41, 5.74) is 8.93. The zero-order valence-corrected chi connectivity index (χ0v) is 9.29. The van der Waals surface area contributed by atoms with Crippen LogP contribution in [0.15, 0.2) is 18.2 Å². The highest BCUT2D eigenvalue weighted by Gasteiger charge is 2.28. The van der Waals surface area contributed by atoms with Crippen LogP contribution in [0, 0.1) is 6.92 Å². The maximum Gasteiger partial charge on any atom is 0.0610 e. The van der Waals surface area contributed by atoms with Crippen LogP contribution in [-0.4, -0.2) is 19.3 Å². The van der Waals surface area contributed by atoms with Gasteiger partial charge in [-0.2, -0.15) is 0 Å². The molecule has 0 aliphatic heterocycles. The van der Waals surface area contributed by atoms with Gasteiger partial charge in [0.15, 0.2) is 0 Å². The van der Waals surface area contributed by atoms with Crippen LogP contribution in [0.2, 0.25) is 0 Å². The quantitative estimate of drug-likeness (QED) is 0.745. The maximum atomic E-state index is 5.84. The van der Waals surface area contributed by atoms with E-state index in [1.54, 1.807) is 7.11 Å². The summed E-state index contributed by atoms with van der Waals surface area (Å²) >= 11 is 0. The summed E-state index contributed by atoms with van der Waals surface area (Å²) in [6.45, 7) is 2.02. The number of ether oxygens (including phenoxy) is 1. The van der Waals surface area contributed by atoms with E-state index in [9.17, 15) is 0 Å². The van der Waals surface area contributed by atoms with Gasteiger partial charge in [-0.25, -0.2) is 0 Å². The van der Waals surface area contributed by atoms with Crippen molar-refractivity contribution in [3.05, 3.63) is 23.8 Å². The molecule has 0 spiro atoms. The molecule has 0 unspecified atom stereocenters. The Hall–Kier alpha value is -1.22. The van der Waals surface area contributed by atoms with Gasteiger partial charge in [-0.05, 0) is 37.5 Å². The van der Waals surface area contributed by atoms with Gasteiger partial charge in [0.2, 0.25) is 0 Å². The van der Waals surface area contributed by atoms with Crippen LogP contribution in [0.4, 0.5) is 11.4 Å². The van der Waals surface area contributed by atoms with Gasteiger partial charge in [-0.15, -0.1) is 0 Å². The topological polar surface area (TPSA) is 47.3 Å². The van der Waals surface area contributed by atoms with E-state index in [0.717, 1.165) is 29.8 Å². The summed E-state index contributed by atoms with van der Waals surface area (Å²) in [6.07, 6.45) is 2.61. The molecule has 0 amide bonds. The molecular weight excluding hydrogens is 188 g/mol. The first kappa shape index (κ1) is 10.3. The number of nitrogen functional groups attached to an aromatic ring is 1. The number of rotatable bonds is 3. The largest absolute Gasteiger partial charge is 0.398 e. The van der Waals surface area contributed by atoms with E-state index in [4.69, 9.17) is 10.5 Å². The Morgan fingerprint density at radius 3 is 2.73 bits per heavy atom. The fraction of sp³-hybridized carbons (Fsp3) is 0.500. The molecule has 3 N–H and O–H groups in total. The molecule has 0 bridgehead atoms. The fourth-order valence-corrected chi connectivity index (χ4v) is 1.84. The second kappa shape index (κ2) is 4.11. The molecule has 1 aromatic carbocycles. The van der Waals surface area contributed by atoms with Gasteiger partial charge in [0, 0.05) is 24.5 Å². The van der Waals surface area contributed by atoms with Gasteiger partial charge in [-0.1, -0.05) is 6.07 Å². The number of aryl methyl sites for hydroxylation is 1. The lowest BCUT2D eigenvalue weighted by Gasteiger charge is -2.35. The highest BCUT2D eigenvalue weighted by Crippen LogP contribution is 2.27. The molecule has 15 heavy (non-hydrogen) atoms. The Bertz CT molecular complexity index is 345. The second-order valence-corrected chi connectivity index (χ2v) is 4.24. The minimum atomic E-state index is 0.435. The first-order chi connectivity index (χ1) is 7.19. The van der Waals surface area contributed by atoms with Crippen LogP contribution in [0.5, 0.6) is 0 Å². The molecule has 0 atom stereocenters. The number of methoxy groups -OCH3 is 1. The molecule has 1 aliphatic rings. The summed E-state index contributed by atoms with van der Waals surface area (Å²) < 4.78 is 5.23. The molecule has 2 rings (SSSR count). The van der Waals surface area contributed by atoms with Crippen molar-refractivity contribution in [1.82, 2.24) is 0 Å². The van der Waals surface area contributed by atoms with Crippen LogP contribution in [0.25, 0.3) is 0 Å². The van der Waals surface area contributed by atoms with Gasteiger partial charge in [0.05, 0.1) is 6.10 Å². The molecule has 0 radical (unpaired) electrons. The van der Waals surface area contributed by atoms with E-state index in [1.165, 1.54) is 0 Å². The van der Waals surface area contributed by atoms with E-state index in [-0.39, 0.29) is 0 Å². The second-order valence-electron chi connectivity index (χ2n) is 4.24. The molecule has 3 nitrogen and oxygen atoms in total. The fourth-order valence-electron chi connectivity index (χ4n) is 1.84. The molecule has 82 valence electrons. The van der Waals surface area contributed by atoms with Crippen LogP contribution < -0.4 is 11.1 Å². The number of anilines is 2. The van der Waals surface area contributed by atoms with Crippen molar-refractivity contribution in [2.24, 2.45) is 0 Å². The standard InChI is InChI=1S/C12H18N2O/c1-8-3-4-9(7-12(8)13)14-10-5-11(6-10)15-2/h3-4,7,10-11,14H,5-6,13H2,1-2H3. The van der Waals surface area contributed by atoms with E-state index >= 15 is 0 Å². The lowest BCUT2D eigenvalue weighted by Crippen LogP contribution is -2.40. The van der Waals surface area contributed by atoms with Gasteiger partial charge >= 0.3 is 0 Å². The third-order valence-electron chi connectivity index (χ3n) is 3.08. The van der Waals surface area contributed by atoms with Crippen LogP contribution in [-0.2, 0) is 4.74 Å². The smallest absolute Gasteiger partial charge is 0.0610 e. The van der Waals surface area contributed by atoms with Gasteiger partial charge in [0.25, 0.3) is 0 Å². The lowest BCUT2D eigenvalue weighted by atomic mass is 9.89. The zero-order valence-electron chi connectivity index (χ0n) is 9.29. The predicted octanol–water partition coefficient (Wildman–Crippen LogP) is 2.17. The summed E-state index contributed by atoms with van der Waals surface area (Å²) in [4.78, 5) is 0. The molecule has 0 saturated heterocycles. The third-order valence-corrected chi connectivity index (χ3v) is 3.08. The Labute approximate surface area is 90.6 Å². The number of hydrogen-bond acceptors (Lipinski definition) is 3. The predicted molar refractivity (Wildman–Crippen MR) is 63.0 cm³/mol. The third kappa shape index (κ3) is 2.23. The van der Waals surface area contributed by atoms with Gasteiger partial charge < -0.3 is 15.8 Å². The van der Waals surface area contributed by atoms with Crippen LogP contribution >= 0.6 is 0 Å². The molecule has 1 aromatic rings. The highest BCUT2D eigenvalue weighted by atomic mass is 16.5. The minimum Gasteiger partial charge on any atom is -0.398 e. The molecule has 0 heterocycles. The lowest BCUT2D eigenvalue weighted by molar-refractivity contribution is 0.0329. The van der Waals surface area contributed by atoms with Crippen molar-refractivity contribution in [3.8, 4) is 0 Å². The van der Waals surface area contributed by atoms with Crippen molar-refractivity contribution in [1.29, 1.82) is 0 Å². The molecular formula is C12H18N2O. The number of benzene rings is 1. The molecule has 1 aliphatic carbocycles. The molecule has 1 fully saturated rings.